The van der Waals surface area contributed by atoms with Crippen LogP contribution < -0.4 is 11.1 Å². The number of primary amides is 1. The molecule has 4 rings (SSSR count). The number of fused-ring (bicyclic) bond motifs is 3. The molecule has 1 amide bonds. The molecule has 4 aromatic rings. The fraction of sp³-hybridized carbons (Fsp3) is 0.150. The van der Waals surface area contributed by atoms with Gasteiger partial charge in [0.05, 0.1) is 22.6 Å². The van der Waals surface area contributed by atoms with Crippen molar-refractivity contribution in [3.8, 4) is 11.4 Å². The highest BCUT2D eigenvalue weighted by molar-refractivity contribution is 7.21. The molecule has 0 spiro atoms. The predicted octanol–water partition coefficient (Wildman–Crippen LogP) is 5.09. The van der Waals surface area contributed by atoms with E-state index >= 15 is 0 Å². The minimum Gasteiger partial charge on any atom is -0.383 e. The SMILES string of the molecule is CCCNc1c(C(N)=O)sc2ccc3nc(-c4cccc(Cl)n4)ccc3c12. The van der Waals surface area contributed by atoms with Crippen LogP contribution in [-0.2, 0) is 0 Å². The van der Waals surface area contributed by atoms with E-state index in [1.54, 1.807) is 6.07 Å². The maximum absolute atomic E-state index is 11.9. The third-order valence-electron chi connectivity index (χ3n) is 4.28. The van der Waals surface area contributed by atoms with Crippen molar-refractivity contribution < 1.29 is 4.79 Å². The van der Waals surface area contributed by atoms with Gasteiger partial charge in [0.15, 0.2) is 0 Å². The standard InChI is InChI=1S/C20H17ClN4OS/c1-2-10-23-18-17-11-6-7-14(13-4-3-5-16(21)25-13)24-12(11)8-9-15(17)27-19(18)20(22)26/h3-9,23H,2,10H2,1H3,(H2,22,26). The van der Waals surface area contributed by atoms with Crippen molar-refractivity contribution in [1.82, 2.24) is 9.97 Å². The van der Waals surface area contributed by atoms with Gasteiger partial charge in [0.1, 0.15) is 10.0 Å². The molecule has 0 radical (unpaired) electrons. The maximum Gasteiger partial charge on any atom is 0.260 e. The summed E-state index contributed by atoms with van der Waals surface area (Å²) in [4.78, 5) is 21.5. The molecule has 0 saturated heterocycles. The maximum atomic E-state index is 11.9. The summed E-state index contributed by atoms with van der Waals surface area (Å²) < 4.78 is 1.00. The topological polar surface area (TPSA) is 80.9 Å². The van der Waals surface area contributed by atoms with Crippen LogP contribution in [0.1, 0.15) is 23.0 Å². The number of thiophene rings is 1. The first-order chi connectivity index (χ1) is 13.1. The van der Waals surface area contributed by atoms with E-state index in [-0.39, 0.29) is 0 Å². The number of nitrogens with zero attached hydrogens (tertiary/aromatic N) is 2. The van der Waals surface area contributed by atoms with Crippen molar-refractivity contribution in [1.29, 1.82) is 0 Å². The zero-order valence-electron chi connectivity index (χ0n) is 14.6. The molecule has 3 aromatic heterocycles. The second-order valence-electron chi connectivity index (χ2n) is 6.14. The largest absolute Gasteiger partial charge is 0.383 e. The monoisotopic (exact) mass is 396 g/mol. The number of hydrogen-bond donors (Lipinski definition) is 2. The number of halogens is 1. The van der Waals surface area contributed by atoms with Gasteiger partial charge in [-0.2, -0.15) is 0 Å². The number of anilines is 1. The van der Waals surface area contributed by atoms with Gasteiger partial charge < -0.3 is 11.1 Å². The number of carbonyl (C=O) groups is 1. The Labute approximate surface area is 165 Å². The highest BCUT2D eigenvalue weighted by Gasteiger charge is 2.18. The van der Waals surface area contributed by atoms with Crippen molar-refractivity contribution in [2.24, 2.45) is 5.73 Å². The first-order valence-electron chi connectivity index (χ1n) is 8.61. The number of benzene rings is 1. The van der Waals surface area contributed by atoms with E-state index in [9.17, 15) is 4.79 Å². The lowest BCUT2D eigenvalue weighted by atomic mass is 10.1. The smallest absolute Gasteiger partial charge is 0.260 e. The van der Waals surface area contributed by atoms with Crippen LogP contribution in [0.4, 0.5) is 5.69 Å². The summed E-state index contributed by atoms with van der Waals surface area (Å²) in [6, 6.07) is 13.3. The van der Waals surface area contributed by atoms with Crippen LogP contribution in [-0.4, -0.2) is 22.4 Å². The fourth-order valence-corrected chi connectivity index (χ4v) is 4.30. The van der Waals surface area contributed by atoms with E-state index in [1.807, 2.05) is 36.4 Å². The zero-order chi connectivity index (χ0) is 19.0. The number of aromatic nitrogens is 2. The van der Waals surface area contributed by atoms with Gasteiger partial charge in [-0.05, 0) is 42.8 Å². The second-order valence-corrected chi connectivity index (χ2v) is 7.58. The van der Waals surface area contributed by atoms with Gasteiger partial charge in [-0.3, -0.25) is 4.79 Å². The Morgan fingerprint density at radius 1 is 1.15 bits per heavy atom. The molecule has 0 saturated carbocycles. The average Bonchev–Trinajstić information content (AvgIpc) is 3.05. The molecule has 3 heterocycles. The van der Waals surface area contributed by atoms with Crippen LogP contribution >= 0.6 is 22.9 Å². The lowest BCUT2D eigenvalue weighted by Gasteiger charge is -2.08. The van der Waals surface area contributed by atoms with Gasteiger partial charge in [0.25, 0.3) is 5.91 Å². The number of rotatable bonds is 5. The number of carbonyl (C=O) groups excluding carboxylic acids is 1. The summed E-state index contributed by atoms with van der Waals surface area (Å²) in [6.45, 7) is 2.84. The number of amides is 1. The van der Waals surface area contributed by atoms with Crippen LogP contribution in [0.2, 0.25) is 5.15 Å². The number of nitrogens with one attached hydrogen (secondary N) is 1. The van der Waals surface area contributed by atoms with Gasteiger partial charge >= 0.3 is 0 Å². The highest BCUT2D eigenvalue weighted by Crippen LogP contribution is 2.40. The lowest BCUT2D eigenvalue weighted by Crippen LogP contribution is -2.12. The van der Waals surface area contributed by atoms with Crippen LogP contribution in [0, 0.1) is 0 Å². The van der Waals surface area contributed by atoms with E-state index in [0.29, 0.717) is 10.0 Å². The summed E-state index contributed by atoms with van der Waals surface area (Å²) in [7, 11) is 0. The Balaban J connectivity index is 1.94. The van der Waals surface area contributed by atoms with Crippen LogP contribution in [0.25, 0.3) is 32.4 Å². The van der Waals surface area contributed by atoms with Crippen molar-refractivity contribution >= 4 is 55.5 Å². The first kappa shape index (κ1) is 17.7. The van der Waals surface area contributed by atoms with Gasteiger partial charge in [0.2, 0.25) is 0 Å². The molecule has 7 heteroatoms. The second kappa shape index (κ2) is 7.13. The van der Waals surface area contributed by atoms with Gasteiger partial charge in [-0.1, -0.05) is 24.6 Å². The molecule has 3 N–H and O–H groups in total. The third kappa shape index (κ3) is 3.22. The Kier molecular flexibility index (Phi) is 4.68. The summed E-state index contributed by atoms with van der Waals surface area (Å²) in [6.07, 6.45) is 0.948. The minimum absolute atomic E-state index is 0.421. The molecule has 0 atom stereocenters. The van der Waals surface area contributed by atoms with Crippen molar-refractivity contribution in [3.63, 3.8) is 0 Å². The number of pyridine rings is 2. The van der Waals surface area contributed by atoms with Gasteiger partial charge in [-0.15, -0.1) is 11.3 Å². The quantitative estimate of drug-likeness (QED) is 0.460. The molecular weight excluding hydrogens is 380 g/mol. The summed E-state index contributed by atoms with van der Waals surface area (Å²) in [5.41, 5.74) is 8.70. The molecule has 0 aliphatic carbocycles. The van der Waals surface area contributed by atoms with Gasteiger partial charge in [0, 0.05) is 22.0 Å². The molecule has 0 unspecified atom stereocenters. The van der Waals surface area contributed by atoms with Crippen molar-refractivity contribution in [2.75, 3.05) is 11.9 Å². The van der Waals surface area contributed by atoms with E-state index < -0.39 is 5.91 Å². The molecule has 0 bridgehead atoms. The number of hydrogen-bond acceptors (Lipinski definition) is 5. The van der Waals surface area contributed by atoms with E-state index in [4.69, 9.17) is 22.3 Å². The van der Waals surface area contributed by atoms with Crippen molar-refractivity contribution in [3.05, 3.63) is 52.5 Å². The Bertz CT molecular complexity index is 1170. The molecule has 1 aromatic carbocycles. The fourth-order valence-electron chi connectivity index (χ4n) is 3.09. The summed E-state index contributed by atoms with van der Waals surface area (Å²) >= 11 is 7.41. The summed E-state index contributed by atoms with van der Waals surface area (Å²) in [5.74, 6) is -0.421. The number of nitrogens with two attached hydrogens (primary N) is 1. The van der Waals surface area contributed by atoms with Crippen LogP contribution in [0.15, 0.2) is 42.5 Å². The molecule has 0 aliphatic heterocycles. The molecular formula is C20H17ClN4OS. The zero-order valence-corrected chi connectivity index (χ0v) is 16.2. The first-order valence-corrected chi connectivity index (χ1v) is 9.80. The van der Waals surface area contributed by atoms with E-state index in [1.165, 1.54) is 11.3 Å². The van der Waals surface area contributed by atoms with Crippen LogP contribution in [0.5, 0.6) is 0 Å². The molecule has 0 fully saturated rings. The lowest BCUT2D eigenvalue weighted by molar-refractivity contribution is 0.100. The predicted molar refractivity (Wildman–Crippen MR) is 113 cm³/mol. The van der Waals surface area contributed by atoms with Crippen molar-refractivity contribution in [2.45, 2.75) is 13.3 Å². The van der Waals surface area contributed by atoms with Crippen LogP contribution in [0.3, 0.4) is 0 Å². The van der Waals surface area contributed by atoms with E-state index in [2.05, 4.69) is 17.2 Å². The third-order valence-corrected chi connectivity index (χ3v) is 5.66. The van der Waals surface area contributed by atoms with Gasteiger partial charge in [-0.25, -0.2) is 9.97 Å². The molecule has 5 nitrogen and oxygen atoms in total. The summed E-state index contributed by atoms with van der Waals surface area (Å²) in [5, 5.41) is 5.75. The Hall–Kier alpha value is -2.70. The Morgan fingerprint density at radius 2 is 1.96 bits per heavy atom. The average molecular weight is 397 g/mol. The molecule has 27 heavy (non-hydrogen) atoms. The Morgan fingerprint density at radius 3 is 2.70 bits per heavy atom. The minimum atomic E-state index is -0.421. The van der Waals surface area contributed by atoms with E-state index in [0.717, 1.165) is 51.0 Å². The normalized spacial score (nSPS) is 11.2. The molecule has 0 aliphatic rings. The molecule has 136 valence electrons. The highest BCUT2D eigenvalue weighted by atomic mass is 35.5.